The highest BCUT2D eigenvalue weighted by atomic mass is 79.9. The van der Waals surface area contributed by atoms with E-state index in [-0.39, 0.29) is 0 Å². The van der Waals surface area contributed by atoms with Gasteiger partial charge < -0.3 is 19.5 Å². The first-order valence-corrected chi connectivity index (χ1v) is 6.10. The van der Waals surface area contributed by atoms with Gasteiger partial charge in [0, 0.05) is 10.5 Å². The van der Waals surface area contributed by atoms with Gasteiger partial charge in [-0.15, -0.1) is 0 Å². The van der Waals surface area contributed by atoms with E-state index in [1.54, 1.807) is 25.1 Å². The molecule has 0 radical (unpaired) electrons. The third-order valence-corrected chi connectivity index (χ3v) is 2.87. The lowest BCUT2D eigenvalue weighted by atomic mass is 10.1. The maximum absolute atomic E-state index is 9.04. The van der Waals surface area contributed by atoms with Crippen molar-refractivity contribution in [3.05, 3.63) is 34.9 Å². The Morgan fingerprint density at radius 2 is 2.11 bits per heavy atom. The zero-order valence-electron chi connectivity index (χ0n) is 9.58. The minimum absolute atomic E-state index is 0.496. The minimum atomic E-state index is -1.55. The molecule has 2 aromatic rings. The molecule has 0 fully saturated rings. The Hall–Kier alpha value is -1.37. The molecular weight excluding hydrogens is 302 g/mol. The summed E-state index contributed by atoms with van der Waals surface area (Å²) < 4.78 is 11.4. The van der Waals surface area contributed by atoms with Gasteiger partial charge in [0.25, 0.3) is 0 Å². The Morgan fingerprint density at radius 3 is 2.72 bits per heavy atom. The van der Waals surface area contributed by atoms with E-state index in [2.05, 4.69) is 21.1 Å². The van der Waals surface area contributed by atoms with Gasteiger partial charge in [0.1, 0.15) is 11.9 Å². The first-order chi connectivity index (χ1) is 8.58. The van der Waals surface area contributed by atoms with Crippen molar-refractivity contribution < 1.29 is 19.5 Å². The van der Waals surface area contributed by atoms with Crippen molar-refractivity contribution in [2.75, 3.05) is 0 Å². The lowest BCUT2D eigenvalue weighted by Crippen LogP contribution is -2.28. The van der Waals surface area contributed by atoms with E-state index >= 15 is 0 Å². The van der Waals surface area contributed by atoms with Crippen LogP contribution in [0, 0.1) is 0 Å². The summed E-state index contributed by atoms with van der Waals surface area (Å²) in [4.78, 5) is 0. The van der Waals surface area contributed by atoms with Gasteiger partial charge in [-0.05, 0) is 25.1 Å². The van der Waals surface area contributed by atoms with E-state index < -0.39 is 12.4 Å². The summed E-state index contributed by atoms with van der Waals surface area (Å²) in [5.41, 5.74) is 0.689. The fourth-order valence-electron chi connectivity index (χ4n) is 1.41. The van der Waals surface area contributed by atoms with Crippen LogP contribution in [0.1, 0.15) is 6.92 Å². The van der Waals surface area contributed by atoms with E-state index in [0.717, 1.165) is 4.47 Å². The smallest absolute Gasteiger partial charge is 0.189 e. The molecular formula is C12H12BrNO4. The highest BCUT2D eigenvalue weighted by Gasteiger charge is 2.17. The first-order valence-electron chi connectivity index (χ1n) is 5.31. The molecule has 6 heteroatoms. The average molecular weight is 314 g/mol. The fraction of sp³-hybridized carbons (Fsp3) is 0.250. The normalized spacial score (nSPS) is 12.7. The molecule has 5 nitrogen and oxygen atoms in total. The zero-order chi connectivity index (χ0) is 13.1. The van der Waals surface area contributed by atoms with Crippen LogP contribution in [0.4, 0.5) is 0 Å². The number of ether oxygens (including phenoxy) is 1. The Balaban J connectivity index is 2.35. The third kappa shape index (κ3) is 2.90. The van der Waals surface area contributed by atoms with Gasteiger partial charge in [-0.3, -0.25) is 0 Å². The maximum Gasteiger partial charge on any atom is 0.189 e. The van der Waals surface area contributed by atoms with Crippen LogP contribution in [-0.2, 0) is 0 Å². The van der Waals surface area contributed by atoms with Crippen molar-refractivity contribution in [3.8, 4) is 17.1 Å². The number of hydrogen-bond acceptors (Lipinski definition) is 5. The van der Waals surface area contributed by atoms with Crippen LogP contribution in [0.2, 0.25) is 0 Å². The van der Waals surface area contributed by atoms with Gasteiger partial charge in [0.05, 0.1) is 11.8 Å². The molecule has 1 aromatic carbocycles. The summed E-state index contributed by atoms with van der Waals surface area (Å²) in [7, 11) is 0. The van der Waals surface area contributed by atoms with Crippen molar-refractivity contribution in [3.63, 3.8) is 0 Å². The summed E-state index contributed by atoms with van der Waals surface area (Å²) in [5.74, 6) is 1.04. The molecule has 1 atom stereocenters. The Kier molecular flexibility index (Phi) is 4.00. The van der Waals surface area contributed by atoms with Crippen LogP contribution >= 0.6 is 15.9 Å². The molecule has 0 unspecified atom stereocenters. The second kappa shape index (κ2) is 5.51. The first kappa shape index (κ1) is 13.1. The topological polar surface area (TPSA) is 75.7 Å². The zero-order valence-corrected chi connectivity index (χ0v) is 11.2. The predicted molar refractivity (Wildman–Crippen MR) is 68.0 cm³/mol. The van der Waals surface area contributed by atoms with Crippen LogP contribution in [0.5, 0.6) is 5.75 Å². The Bertz CT molecular complexity index is 513. The molecule has 1 heterocycles. The number of aliphatic hydroxyl groups excluding tert-OH is 1. The lowest BCUT2D eigenvalue weighted by molar-refractivity contribution is -0.105. The van der Waals surface area contributed by atoms with E-state index in [1.807, 2.05) is 6.07 Å². The molecule has 0 spiro atoms. The van der Waals surface area contributed by atoms with Crippen LogP contribution in [0.15, 0.2) is 39.5 Å². The number of benzene rings is 1. The second-order valence-electron chi connectivity index (χ2n) is 3.75. The van der Waals surface area contributed by atoms with E-state index in [0.29, 0.717) is 17.1 Å². The number of halogens is 1. The molecule has 0 aliphatic heterocycles. The van der Waals surface area contributed by atoms with Crippen LogP contribution < -0.4 is 4.74 Å². The molecule has 96 valence electrons. The summed E-state index contributed by atoms with van der Waals surface area (Å²) >= 11 is 3.36. The van der Waals surface area contributed by atoms with Gasteiger partial charge in [0.2, 0.25) is 0 Å². The third-order valence-electron chi connectivity index (χ3n) is 2.38. The van der Waals surface area contributed by atoms with Gasteiger partial charge >= 0.3 is 0 Å². The van der Waals surface area contributed by atoms with Gasteiger partial charge in [-0.1, -0.05) is 21.1 Å². The molecule has 0 aliphatic rings. The molecule has 1 aromatic heterocycles. The van der Waals surface area contributed by atoms with Gasteiger partial charge in [-0.25, -0.2) is 0 Å². The van der Waals surface area contributed by atoms with E-state index in [4.69, 9.17) is 19.5 Å². The summed E-state index contributed by atoms with van der Waals surface area (Å²) in [6.45, 7) is 1.57. The molecule has 2 rings (SSSR count). The molecule has 0 amide bonds. The highest BCUT2D eigenvalue weighted by Crippen LogP contribution is 2.33. The van der Waals surface area contributed by atoms with Crippen molar-refractivity contribution >= 4 is 15.9 Å². The van der Waals surface area contributed by atoms with Crippen molar-refractivity contribution in [2.24, 2.45) is 0 Å². The van der Waals surface area contributed by atoms with Gasteiger partial charge in [0.15, 0.2) is 12.1 Å². The predicted octanol–water partition coefficient (Wildman–Crippen LogP) is 2.18. The number of aromatic nitrogens is 1. The SMILES string of the molecule is C[C@H](Oc1ccc(Br)cc1-c1ccno1)C(O)O. The number of hydrogen-bond donors (Lipinski definition) is 2. The number of rotatable bonds is 4. The second-order valence-corrected chi connectivity index (χ2v) is 4.67. The van der Waals surface area contributed by atoms with Gasteiger partial charge in [-0.2, -0.15) is 0 Å². The highest BCUT2D eigenvalue weighted by molar-refractivity contribution is 9.10. The monoisotopic (exact) mass is 313 g/mol. The quantitative estimate of drug-likeness (QED) is 0.846. The van der Waals surface area contributed by atoms with Crippen molar-refractivity contribution in [1.29, 1.82) is 0 Å². The van der Waals surface area contributed by atoms with Crippen LogP contribution in [0.25, 0.3) is 11.3 Å². The molecule has 0 saturated carbocycles. The molecule has 18 heavy (non-hydrogen) atoms. The van der Waals surface area contributed by atoms with Crippen LogP contribution in [-0.4, -0.2) is 27.8 Å². The van der Waals surface area contributed by atoms with Crippen molar-refractivity contribution in [2.45, 2.75) is 19.3 Å². The standard InChI is InChI=1S/C12H12BrNO4/c1-7(12(15)16)17-10-3-2-8(13)6-9(10)11-4-5-14-18-11/h2-7,12,15-16H,1H3/t7-/m0/s1. The number of nitrogens with zero attached hydrogens (tertiary/aromatic N) is 1. The molecule has 0 saturated heterocycles. The summed E-state index contributed by atoms with van der Waals surface area (Å²) in [6, 6.07) is 7.04. The van der Waals surface area contributed by atoms with E-state index in [1.165, 1.54) is 6.20 Å². The average Bonchev–Trinajstić information content (AvgIpc) is 2.84. The fourth-order valence-corrected chi connectivity index (χ4v) is 1.77. The molecule has 0 bridgehead atoms. The van der Waals surface area contributed by atoms with Crippen molar-refractivity contribution in [1.82, 2.24) is 5.16 Å². The largest absolute Gasteiger partial charge is 0.485 e. The number of aliphatic hydroxyl groups is 2. The summed E-state index contributed by atoms with van der Waals surface area (Å²) in [5, 5.41) is 21.7. The molecule has 0 aliphatic carbocycles. The van der Waals surface area contributed by atoms with E-state index in [9.17, 15) is 0 Å². The molecule has 2 N–H and O–H groups in total. The maximum atomic E-state index is 9.04. The minimum Gasteiger partial charge on any atom is -0.485 e. The lowest BCUT2D eigenvalue weighted by Gasteiger charge is -2.18. The summed E-state index contributed by atoms with van der Waals surface area (Å²) in [6.07, 6.45) is -0.756. The Labute approximate surface area is 112 Å². The Morgan fingerprint density at radius 1 is 1.33 bits per heavy atom. The van der Waals surface area contributed by atoms with Crippen LogP contribution in [0.3, 0.4) is 0 Å².